The van der Waals surface area contributed by atoms with Gasteiger partial charge >= 0.3 is 0 Å². The molecule has 0 unspecified atom stereocenters. The molecular formula is C5H4FNO2. The van der Waals surface area contributed by atoms with Gasteiger partial charge in [-0.25, -0.2) is 9.37 Å². The molecule has 0 fully saturated rings. The number of aldehydes is 1. The van der Waals surface area contributed by atoms with Crippen molar-refractivity contribution in [2.24, 2.45) is 0 Å². The second kappa shape index (κ2) is 2.39. The Morgan fingerprint density at radius 1 is 1.89 bits per heavy atom. The minimum absolute atomic E-state index is 0.0582. The van der Waals surface area contributed by atoms with E-state index >= 15 is 0 Å². The molecule has 0 spiro atoms. The van der Waals surface area contributed by atoms with Crippen LogP contribution in [0.25, 0.3) is 0 Å². The van der Waals surface area contributed by atoms with E-state index in [2.05, 4.69) is 9.40 Å². The number of oxazole rings is 1. The fourth-order valence-electron chi connectivity index (χ4n) is 0.441. The van der Waals surface area contributed by atoms with Crippen molar-refractivity contribution in [2.75, 3.05) is 0 Å². The molecule has 0 saturated carbocycles. The molecule has 0 aromatic carbocycles. The lowest BCUT2D eigenvalue weighted by atomic mass is 10.6. The first-order valence-electron chi connectivity index (χ1n) is 2.32. The standard InChI is InChI=1S/C5H4FNO2/c6-1-5-7-4(2-8)3-9-5/h2-3H,1H2. The van der Waals surface area contributed by atoms with Gasteiger partial charge in [-0.2, -0.15) is 0 Å². The molecule has 0 amide bonds. The number of carbonyl (C=O) groups excluding carboxylic acids is 1. The number of nitrogens with zero attached hydrogens (tertiary/aromatic N) is 1. The van der Waals surface area contributed by atoms with Crippen LogP contribution in [-0.2, 0) is 6.67 Å². The van der Waals surface area contributed by atoms with Gasteiger partial charge in [-0.05, 0) is 0 Å². The molecule has 9 heavy (non-hydrogen) atoms. The number of alkyl halides is 1. The van der Waals surface area contributed by atoms with Crippen molar-refractivity contribution >= 4 is 6.29 Å². The lowest BCUT2D eigenvalue weighted by molar-refractivity contribution is 0.111. The Hall–Kier alpha value is -1.19. The summed E-state index contributed by atoms with van der Waals surface area (Å²) in [6.45, 7) is -0.770. The second-order valence-corrected chi connectivity index (χ2v) is 1.42. The van der Waals surface area contributed by atoms with Crippen LogP contribution in [0.5, 0.6) is 0 Å². The average Bonchev–Trinajstić information content (AvgIpc) is 2.34. The maximum atomic E-state index is 11.6. The van der Waals surface area contributed by atoms with Crippen LogP contribution in [-0.4, -0.2) is 11.3 Å². The van der Waals surface area contributed by atoms with Crippen molar-refractivity contribution in [1.29, 1.82) is 0 Å². The van der Waals surface area contributed by atoms with Crippen molar-refractivity contribution in [3.63, 3.8) is 0 Å². The molecule has 3 nitrogen and oxygen atoms in total. The average molecular weight is 129 g/mol. The summed E-state index contributed by atoms with van der Waals surface area (Å²) < 4.78 is 16.1. The van der Waals surface area contributed by atoms with Gasteiger partial charge in [0.05, 0.1) is 0 Å². The number of hydrogen-bond donors (Lipinski definition) is 0. The van der Waals surface area contributed by atoms with E-state index in [0.717, 1.165) is 6.26 Å². The van der Waals surface area contributed by atoms with E-state index in [9.17, 15) is 9.18 Å². The van der Waals surface area contributed by atoms with Gasteiger partial charge in [0.1, 0.15) is 12.0 Å². The van der Waals surface area contributed by atoms with Crippen LogP contribution in [0, 0.1) is 0 Å². The Morgan fingerprint density at radius 3 is 3.00 bits per heavy atom. The van der Waals surface area contributed by atoms with Crippen LogP contribution in [0.3, 0.4) is 0 Å². The lowest BCUT2D eigenvalue weighted by Crippen LogP contribution is -1.79. The first kappa shape index (κ1) is 5.94. The van der Waals surface area contributed by atoms with Crippen LogP contribution in [0.4, 0.5) is 4.39 Å². The van der Waals surface area contributed by atoms with Crippen molar-refractivity contribution in [1.82, 2.24) is 4.98 Å². The zero-order chi connectivity index (χ0) is 6.69. The van der Waals surface area contributed by atoms with E-state index in [4.69, 9.17) is 0 Å². The summed E-state index contributed by atoms with van der Waals surface area (Å²) in [6, 6.07) is 0. The Kier molecular flexibility index (Phi) is 1.58. The van der Waals surface area contributed by atoms with E-state index in [0.29, 0.717) is 6.29 Å². The number of rotatable bonds is 2. The van der Waals surface area contributed by atoms with Gasteiger partial charge in [0.15, 0.2) is 13.0 Å². The molecule has 48 valence electrons. The second-order valence-electron chi connectivity index (χ2n) is 1.42. The van der Waals surface area contributed by atoms with Gasteiger partial charge in [0.25, 0.3) is 0 Å². The SMILES string of the molecule is O=Cc1coc(CF)n1. The normalized spacial score (nSPS) is 9.44. The Balaban J connectivity index is 2.86. The molecule has 4 heteroatoms. The van der Waals surface area contributed by atoms with E-state index in [1.165, 1.54) is 0 Å². The predicted molar refractivity (Wildman–Crippen MR) is 26.7 cm³/mol. The van der Waals surface area contributed by atoms with Crippen LogP contribution >= 0.6 is 0 Å². The molecule has 1 rings (SSSR count). The minimum Gasteiger partial charge on any atom is -0.445 e. The maximum absolute atomic E-state index is 11.6. The minimum atomic E-state index is -0.770. The molecular weight excluding hydrogens is 125 g/mol. The summed E-state index contributed by atoms with van der Waals surface area (Å²) >= 11 is 0. The molecule has 0 bridgehead atoms. The fourth-order valence-corrected chi connectivity index (χ4v) is 0.441. The van der Waals surface area contributed by atoms with Crippen molar-refractivity contribution < 1.29 is 13.6 Å². The smallest absolute Gasteiger partial charge is 0.226 e. The molecule has 1 aromatic rings. The summed E-state index contributed by atoms with van der Waals surface area (Å²) in [5, 5.41) is 0. The van der Waals surface area contributed by atoms with Crippen LogP contribution in [0.1, 0.15) is 16.4 Å². The summed E-state index contributed by atoms with van der Waals surface area (Å²) in [6.07, 6.45) is 1.62. The summed E-state index contributed by atoms with van der Waals surface area (Å²) in [4.78, 5) is 13.3. The molecule has 0 aliphatic heterocycles. The van der Waals surface area contributed by atoms with Gasteiger partial charge < -0.3 is 4.42 Å². The largest absolute Gasteiger partial charge is 0.445 e. The van der Waals surface area contributed by atoms with Crippen LogP contribution < -0.4 is 0 Å². The predicted octanol–water partition coefficient (Wildman–Crippen LogP) is 0.957. The quantitative estimate of drug-likeness (QED) is 0.558. The highest BCUT2D eigenvalue weighted by Crippen LogP contribution is 1.99. The Morgan fingerprint density at radius 2 is 2.67 bits per heavy atom. The maximum Gasteiger partial charge on any atom is 0.226 e. The number of halogens is 1. The number of hydrogen-bond acceptors (Lipinski definition) is 3. The zero-order valence-corrected chi connectivity index (χ0v) is 4.50. The molecule has 0 aliphatic rings. The van der Waals surface area contributed by atoms with Gasteiger partial charge in [0, 0.05) is 0 Å². The van der Waals surface area contributed by atoms with Gasteiger partial charge in [-0.15, -0.1) is 0 Å². The molecule has 0 saturated heterocycles. The summed E-state index contributed by atoms with van der Waals surface area (Å²) in [5.74, 6) is -0.0582. The number of aromatic nitrogens is 1. The highest BCUT2D eigenvalue weighted by molar-refractivity contribution is 5.70. The lowest BCUT2D eigenvalue weighted by Gasteiger charge is -1.75. The van der Waals surface area contributed by atoms with Crippen molar-refractivity contribution in [2.45, 2.75) is 6.67 Å². The Bertz CT molecular complexity index is 208. The molecule has 0 N–H and O–H groups in total. The third-order valence-electron chi connectivity index (χ3n) is 0.805. The highest BCUT2D eigenvalue weighted by atomic mass is 19.1. The highest BCUT2D eigenvalue weighted by Gasteiger charge is 1.99. The van der Waals surface area contributed by atoms with Gasteiger partial charge in [0.2, 0.25) is 5.89 Å². The fraction of sp³-hybridized carbons (Fsp3) is 0.200. The summed E-state index contributed by atoms with van der Waals surface area (Å²) in [5.41, 5.74) is 0.127. The zero-order valence-electron chi connectivity index (χ0n) is 4.50. The van der Waals surface area contributed by atoms with Crippen molar-refractivity contribution in [3.8, 4) is 0 Å². The molecule has 1 heterocycles. The topological polar surface area (TPSA) is 43.1 Å². The van der Waals surface area contributed by atoms with Gasteiger partial charge in [-0.1, -0.05) is 0 Å². The van der Waals surface area contributed by atoms with E-state index in [1.807, 2.05) is 0 Å². The van der Waals surface area contributed by atoms with Gasteiger partial charge in [-0.3, -0.25) is 4.79 Å². The van der Waals surface area contributed by atoms with E-state index in [1.54, 1.807) is 0 Å². The third-order valence-corrected chi connectivity index (χ3v) is 0.805. The van der Waals surface area contributed by atoms with Crippen molar-refractivity contribution in [3.05, 3.63) is 17.8 Å². The van der Waals surface area contributed by atoms with E-state index < -0.39 is 6.67 Å². The molecule has 1 aromatic heterocycles. The summed E-state index contributed by atoms with van der Waals surface area (Å²) in [7, 11) is 0. The molecule has 0 atom stereocenters. The molecule has 0 radical (unpaired) electrons. The van der Waals surface area contributed by atoms with Crippen LogP contribution in [0.2, 0.25) is 0 Å². The first-order valence-corrected chi connectivity index (χ1v) is 2.32. The Labute approximate surface area is 50.5 Å². The first-order chi connectivity index (χ1) is 4.36. The number of carbonyl (C=O) groups is 1. The van der Waals surface area contributed by atoms with E-state index in [-0.39, 0.29) is 11.6 Å². The monoisotopic (exact) mass is 129 g/mol. The van der Waals surface area contributed by atoms with Crippen LogP contribution in [0.15, 0.2) is 10.7 Å². The molecule has 0 aliphatic carbocycles. The third kappa shape index (κ3) is 1.13.